The minimum atomic E-state index is -0.332. The minimum Gasteiger partial charge on any atom is -0.316 e. The summed E-state index contributed by atoms with van der Waals surface area (Å²) in [7, 11) is 0. The van der Waals surface area contributed by atoms with E-state index in [1.807, 2.05) is 6.07 Å². The second kappa shape index (κ2) is 6.44. The first kappa shape index (κ1) is 15.8. The fraction of sp³-hybridized carbons (Fsp3) is 0.647. The Labute approximate surface area is 126 Å². The molecule has 0 amide bonds. The van der Waals surface area contributed by atoms with Gasteiger partial charge in [-0.25, -0.2) is 4.39 Å². The Morgan fingerprint density at radius 1 is 1.40 bits per heavy atom. The lowest BCUT2D eigenvalue weighted by molar-refractivity contribution is 0.252. The molecule has 1 aromatic rings. The summed E-state index contributed by atoms with van der Waals surface area (Å²) in [5.41, 5.74) is 1.38. The van der Waals surface area contributed by atoms with Gasteiger partial charge in [-0.05, 0) is 60.8 Å². The SMILES string of the molecule is CC(C)CNCC(C)(Cc1ccc(F)c(Cl)c1)C1CC1. The van der Waals surface area contributed by atoms with Gasteiger partial charge in [0.15, 0.2) is 0 Å². The Balaban J connectivity index is 2.02. The highest BCUT2D eigenvalue weighted by molar-refractivity contribution is 6.30. The molecule has 2 rings (SSSR count). The number of nitrogens with one attached hydrogen (secondary N) is 1. The molecule has 1 unspecified atom stereocenters. The molecular weight excluding hydrogens is 273 g/mol. The highest BCUT2D eigenvalue weighted by atomic mass is 35.5. The molecule has 1 nitrogen and oxygen atoms in total. The van der Waals surface area contributed by atoms with Gasteiger partial charge >= 0.3 is 0 Å². The van der Waals surface area contributed by atoms with Gasteiger partial charge in [-0.2, -0.15) is 0 Å². The summed E-state index contributed by atoms with van der Waals surface area (Å²) in [5, 5.41) is 3.82. The molecule has 1 saturated carbocycles. The largest absolute Gasteiger partial charge is 0.316 e. The molecule has 1 fully saturated rings. The van der Waals surface area contributed by atoms with E-state index in [4.69, 9.17) is 11.6 Å². The summed E-state index contributed by atoms with van der Waals surface area (Å²) >= 11 is 5.89. The standard InChI is InChI=1S/C17H25ClFN/c1-12(2)10-20-11-17(3,14-5-6-14)9-13-4-7-16(19)15(18)8-13/h4,7-8,12,14,20H,5-6,9-11H2,1-3H3. The molecule has 1 atom stereocenters. The second-order valence-electron chi connectivity index (χ2n) is 6.88. The summed E-state index contributed by atoms with van der Waals surface area (Å²) in [5.74, 6) is 1.12. The second-order valence-corrected chi connectivity index (χ2v) is 7.29. The average molecular weight is 298 g/mol. The quantitative estimate of drug-likeness (QED) is 0.770. The topological polar surface area (TPSA) is 12.0 Å². The van der Waals surface area contributed by atoms with Crippen LogP contribution in [0.2, 0.25) is 5.02 Å². The molecule has 0 saturated heterocycles. The molecule has 0 heterocycles. The van der Waals surface area contributed by atoms with Crippen LogP contribution in [0.1, 0.15) is 39.2 Å². The molecular formula is C17H25ClFN. The van der Waals surface area contributed by atoms with E-state index < -0.39 is 0 Å². The normalized spacial score (nSPS) is 18.3. The van der Waals surface area contributed by atoms with E-state index in [0.717, 1.165) is 31.0 Å². The van der Waals surface area contributed by atoms with E-state index in [1.54, 1.807) is 6.07 Å². The number of hydrogen-bond donors (Lipinski definition) is 1. The van der Waals surface area contributed by atoms with Crippen LogP contribution in [-0.2, 0) is 6.42 Å². The fourth-order valence-corrected chi connectivity index (χ4v) is 3.10. The third-order valence-corrected chi connectivity index (χ3v) is 4.53. The van der Waals surface area contributed by atoms with Gasteiger partial charge in [0.2, 0.25) is 0 Å². The van der Waals surface area contributed by atoms with Gasteiger partial charge in [0.25, 0.3) is 0 Å². The highest BCUT2D eigenvalue weighted by Crippen LogP contribution is 2.47. The van der Waals surface area contributed by atoms with Gasteiger partial charge in [0, 0.05) is 6.54 Å². The van der Waals surface area contributed by atoms with Gasteiger partial charge in [0.1, 0.15) is 5.82 Å². The van der Waals surface area contributed by atoms with E-state index >= 15 is 0 Å². The van der Waals surface area contributed by atoms with Crippen molar-refractivity contribution in [3.05, 3.63) is 34.6 Å². The summed E-state index contributed by atoms with van der Waals surface area (Å²) in [6, 6.07) is 5.12. The van der Waals surface area contributed by atoms with Crippen molar-refractivity contribution < 1.29 is 4.39 Å². The van der Waals surface area contributed by atoms with Crippen molar-refractivity contribution in [2.45, 2.75) is 40.0 Å². The number of benzene rings is 1. The van der Waals surface area contributed by atoms with Crippen molar-refractivity contribution in [3.8, 4) is 0 Å². The summed E-state index contributed by atoms with van der Waals surface area (Å²) in [4.78, 5) is 0. The van der Waals surface area contributed by atoms with Crippen LogP contribution in [0.5, 0.6) is 0 Å². The molecule has 0 aromatic heterocycles. The Kier molecular flexibility index (Phi) is 5.09. The first-order valence-electron chi connectivity index (χ1n) is 7.55. The highest BCUT2D eigenvalue weighted by Gasteiger charge is 2.41. The zero-order valence-electron chi connectivity index (χ0n) is 12.7. The maximum Gasteiger partial charge on any atom is 0.141 e. The Hall–Kier alpha value is -0.600. The first-order valence-corrected chi connectivity index (χ1v) is 7.93. The van der Waals surface area contributed by atoms with Crippen molar-refractivity contribution >= 4 is 11.6 Å². The van der Waals surface area contributed by atoms with Crippen LogP contribution in [0.15, 0.2) is 18.2 Å². The molecule has 1 aliphatic carbocycles. The molecule has 0 spiro atoms. The molecule has 0 aliphatic heterocycles. The number of halogens is 2. The van der Waals surface area contributed by atoms with Crippen molar-refractivity contribution in [1.29, 1.82) is 0 Å². The van der Waals surface area contributed by atoms with Gasteiger partial charge in [-0.3, -0.25) is 0 Å². The predicted molar refractivity (Wildman–Crippen MR) is 83.7 cm³/mol. The maximum absolute atomic E-state index is 13.2. The summed E-state index contributed by atoms with van der Waals surface area (Å²) < 4.78 is 13.2. The molecule has 3 heteroatoms. The first-order chi connectivity index (χ1) is 9.40. The Morgan fingerprint density at radius 3 is 2.65 bits per heavy atom. The van der Waals surface area contributed by atoms with E-state index in [2.05, 4.69) is 26.1 Å². The maximum atomic E-state index is 13.2. The number of hydrogen-bond acceptors (Lipinski definition) is 1. The van der Waals surface area contributed by atoms with Gasteiger partial charge in [-0.1, -0.05) is 38.4 Å². The van der Waals surface area contributed by atoms with Crippen molar-refractivity contribution in [2.24, 2.45) is 17.3 Å². The third kappa shape index (κ3) is 4.20. The van der Waals surface area contributed by atoms with Crippen LogP contribution in [0.3, 0.4) is 0 Å². The van der Waals surface area contributed by atoms with E-state index in [0.29, 0.717) is 5.92 Å². The van der Waals surface area contributed by atoms with Gasteiger partial charge < -0.3 is 5.32 Å². The molecule has 1 N–H and O–H groups in total. The smallest absolute Gasteiger partial charge is 0.141 e. The average Bonchev–Trinajstić information content (AvgIpc) is 3.18. The van der Waals surface area contributed by atoms with Crippen molar-refractivity contribution in [1.82, 2.24) is 5.32 Å². The van der Waals surface area contributed by atoms with E-state index in [1.165, 1.54) is 18.9 Å². The fourth-order valence-electron chi connectivity index (χ4n) is 2.89. The third-order valence-electron chi connectivity index (χ3n) is 4.24. The molecule has 1 aliphatic rings. The Bertz CT molecular complexity index is 456. The van der Waals surface area contributed by atoms with Crippen LogP contribution in [0.4, 0.5) is 4.39 Å². The van der Waals surface area contributed by atoms with Crippen molar-refractivity contribution in [3.63, 3.8) is 0 Å². The molecule has 20 heavy (non-hydrogen) atoms. The zero-order chi connectivity index (χ0) is 14.8. The molecule has 1 aromatic carbocycles. The molecule has 0 radical (unpaired) electrons. The van der Waals surface area contributed by atoms with Gasteiger partial charge in [0.05, 0.1) is 5.02 Å². The van der Waals surface area contributed by atoms with Crippen LogP contribution in [0.25, 0.3) is 0 Å². The van der Waals surface area contributed by atoms with Gasteiger partial charge in [-0.15, -0.1) is 0 Å². The van der Waals surface area contributed by atoms with Crippen LogP contribution < -0.4 is 5.32 Å². The summed E-state index contributed by atoms with van der Waals surface area (Å²) in [6.45, 7) is 8.86. The summed E-state index contributed by atoms with van der Waals surface area (Å²) in [6.07, 6.45) is 3.59. The lowest BCUT2D eigenvalue weighted by atomic mass is 9.78. The van der Waals surface area contributed by atoms with E-state index in [9.17, 15) is 4.39 Å². The monoisotopic (exact) mass is 297 g/mol. The lowest BCUT2D eigenvalue weighted by Crippen LogP contribution is -2.37. The van der Waals surface area contributed by atoms with E-state index in [-0.39, 0.29) is 16.3 Å². The minimum absolute atomic E-state index is 0.232. The Morgan fingerprint density at radius 2 is 2.10 bits per heavy atom. The lowest BCUT2D eigenvalue weighted by Gasteiger charge is -2.31. The van der Waals surface area contributed by atoms with Crippen LogP contribution >= 0.6 is 11.6 Å². The predicted octanol–water partition coefficient (Wildman–Crippen LogP) is 4.68. The van der Waals surface area contributed by atoms with Crippen LogP contribution in [-0.4, -0.2) is 13.1 Å². The number of rotatable bonds is 7. The van der Waals surface area contributed by atoms with Crippen molar-refractivity contribution in [2.75, 3.05) is 13.1 Å². The zero-order valence-corrected chi connectivity index (χ0v) is 13.4. The molecule has 112 valence electrons. The van der Waals surface area contributed by atoms with Crippen LogP contribution in [0, 0.1) is 23.1 Å². The molecule has 0 bridgehead atoms.